The minimum absolute atomic E-state index is 0.0560. The number of aliphatic hydroxyl groups is 1. The monoisotopic (exact) mass is 248 g/mol. The van der Waals surface area contributed by atoms with E-state index in [1.54, 1.807) is 0 Å². The van der Waals surface area contributed by atoms with Crippen molar-refractivity contribution >= 4 is 5.97 Å². The first kappa shape index (κ1) is 13.1. The summed E-state index contributed by atoms with van der Waals surface area (Å²) in [6.45, 7) is 5.99. The normalized spacial score (nSPS) is 35.0. The topological polar surface area (TPSA) is 46.5 Å². The van der Waals surface area contributed by atoms with Gasteiger partial charge in [0.05, 0.1) is 6.61 Å². The highest BCUT2D eigenvalue weighted by Crippen LogP contribution is 2.34. The van der Waals surface area contributed by atoms with E-state index in [4.69, 9.17) is 4.74 Å². The molecule has 0 unspecified atom stereocenters. The Bertz CT molecular complexity index is 417. The molecule has 1 heterocycles. The van der Waals surface area contributed by atoms with Crippen molar-refractivity contribution in [3.63, 3.8) is 0 Å². The first-order valence-electron chi connectivity index (χ1n) is 6.46. The lowest BCUT2D eigenvalue weighted by Crippen LogP contribution is -2.17. The Balaban J connectivity index is 2.23. The molecule has 98 valence electrons. The first-order chi connectivity index (χ1) is 8.61. The number of carbonyl (C=O) groups is 1. The molecule has 0 aromatic heterocycles. The van der Waals surface area contributed by atoms with E-state index in [2.05, 4.69) is 19.6 Å². The number of hydrogen-bond donors (Lipinski definition) is 1. The molecule has 18 heavy (non-hydrogen) atoms. The average Bonchev–Trinajstić information content (AvgIpc) is 2.60. The van der Waals surface area contributed by atoms with Crippen LogP contribution < -0.4 is 0 Å². The van der Waals surface area contributed by atoms with Gasteiger partial charge in [0.2, 0.25) is 0 Å². The van der Waals surface area contributed by atoms with E-state index in [-0.39, 0.29) is 24.6 Å². The van der Waals surface area contributed by atoms with Crippen molar-refractivity contribution in [2.45, 2.75) is 38.7 Å². The Morgan fingerprint density at radius 2 is 2.28 bits per heavy atom. The highest BCUT2D eigenvalue weighted by Gasteiger charge is 2.37. The lowest BCUT2D eigenvalue weighted by molar-refractivity contribution is -0.139. The van der Waals surface area contributed by atoms with Crippen LogP contribution in [-0.2, 0) is 9.53 Å². The van der Waals surface area contributed by atoms with Crippen LogP contribution >= 0.6 is 0 Å². The summed E-state index contributed by atoms with van der Waals surface area (Å²) in [7, 11) is 0. The Morgan fingerprint density at radius 1 is 1.50 bits per heavy atom. The summed E-state index contributed by atoms with van der Waals surface area (Å²) in [6.07, 6.45) is 7.46. The van der Waals surface area contributed by atoms with Gasteiger partial charge in [-0.1, -0.05) is 24.3 Å². The SMILES string of the molecule is C=C1C(=O)O[C@H]2C/C(C)=C/CC/C(CO)=C/C[C@H]12. The van der Waals surface area contributed by atoms with E-state index in [1.807, 2.05) is 6.08 Å². The van der Waals surface area contributed by atoms with Crippen LogP contribution in [0.25, 0.3) is 0 Å². The van der Waals surface area contributed by atoms with Crippen LogP contribution in [0.5, 0.6) is 0 Å². The van der Waals surface area contributed by atoms with Gasteiger partial charge in [-0.05, 0) is 31.8 Å². The highest BCUT2D eigenvalue weighted by molar-refractivity contribution is 5.90. The Morgan fingerprint density at radius 3 is 3.00 bits per heavy atom. The summed E-state index contributed by atoms with van der Waals surface area (Å²) in [4.78, 5) is 11.6. The molecule has 1 aliphatic heterocycles. The smallest absolute Gasteiger partial charge is 0.334 e. The van der Waals surface area contributed by atoms with Crippen LogP contribution in [0, 0.1) is 5.92 Å². The van der Waals surface area contributed by atoms with Crippen LogP contribution in [0.3, 0.4) is 0 Å². The standard InChI is InChI=1S/C15H20O3/c1-10-4-3-5-12(9-16)6-7-13-11(2)15(17)18-14(13)8-10/h4,6,13-14,16H,2-3,5,7-9H2,1H3/b10-4+,12-6-/t13-,14+/m1/s1. The molecular weight excluding hydrogens is 228 g/mol. The van der Waals surface area contributed by atoms with Crippen LogP contribution in [0.1, 0.15) is 32.6 Å². The van der Waals surface area contributed by atoms with E-state index < -0.39 is 0 Å². The zero-order valence-electron chi connectivity index (χ0n) is 10.8. The highest BCUT2D eigenvalue weighted by atomic mass is 16.6. The van der Waals surface area contributed by atoms with Crippen LogP contribution in [0.2, 0.25) is 0 Å². The molecule has 2 rings (SSSR count). The minimum atomic E-state index is -0.268. The summed E-state index contributed by atoms with van der Waals surface area (Å²) in [6, 6.07) is 0. The molecule has 3 heteroatoms. The quantitative estimate of drug-likeness (QED) is 0.440. The second kappa shape index (κ2) is 5.53. The molecule has 1 fully saturated rings. The van der Waals surface area contributed by atoms with Gasteiger partial charge in [-0.15, -0.1) is 0 Å². The number of esters is 1. The molecule has 1 N–H and O–H groups in total. The number of ether oxygens (including phenoxy) is 1. The van der Waals surface area contributed by atoms with Crippen LogP contribution in [0.4, 0.5) is 0 Å². The van der Waals surface area contributed by atoms with Crippen molar-refractivity contribution in [3.8, 4) is 0 Å². The summed E-state index contributed by atoms with van der Waals surface area (Å²) in [5, 5.41) is 9.28. The number of fused-ring (bicyclic) bond motifs is 1. The minimum Gasteiger partial charge on any atom is -0.458 e. The molecule has 0 aromatic carbocycles. The van der Waals surface area contributed by atoms with Gasteiger partial charge in [0.1, 0.15) is 6.10 Å². The molecule has 3 nitrogen and oxygen atoms in total. The molecule has 1 aliphatic carbocycles. The largest absolute Gasteiger partial charge is 0.458 e. The summed E-state index contributed by atoms with van der Waals surface area (Å²) in [5.74, 6) is -0.212. The maximum Gasteiger partial charge on any atom is 0.334 e. The summed E-state index contributed by atoms with van der Waals surface area (Å²) < 4.78 is 5.38. The zero-order valence-corrected chi connectivity index (χ0v) is 10.8. The van der Waals surface area contributed by atoms with Crippen molar-refractivity contribution < 1.29 is 14.6 Å². The van der Waals surface area contributed by atoms with Crippen molar-refractivity contribution in [3.05, 3.63) is 35.5 Å². The zero-order chi connectivity index (χ0) is 13.1. The lowest BCUT2D eigenvalue weighted by Gasteiger charge is -2.18. The van der Waals surface area contributed by atoms with Gasteiger partial charge >= 0.3 is 5.97 Å². The molecular formula is C15H20O3. The third kappa shape index (κ3) is 2.72. The predicted molar refractivity (Wildman–Crippen MR) is 69.9 cm³/mol. The maximum absolute atomic E-state index is 11.6. The molecule has 2 atom stereocenters. The lowest BCUT2D eigenvalue weighted by atomic mass is 9.88. The van der Waals surface area contributed by atoms with E-state index in [1.165, 1.54) is 5.57 Å². The van der Waals surface area contributed by atoms with Crippen molar-refractivity contribution in [1.82, 2.24) is 0 Å². The second-order valence-corrected chi connectivity index (χ2v) is 5.12. The number of carbonyl (C=O) groups excluding carboxylic acids is 1. The van der Waals surface area contributed by atoms with E-state index in [0.717, 1.165) is 31.3 Å². The molecule has 2 aliphatic rings. The second-order valence-electron chi connectivity index (χ2n) is 5.12. The molecule has 0 aromatic rings. The van der Waals surface area contributed by atoms with Gasteiger partial charge in [-0.3, -0.25) is 0 Å². The van der Waals surface area contributed by atoms with Crippen LogP contribution in [0.15, 0.2) is 35.5 Å². The fraction of sp³-hybridized carbons (Fsp3) is 0.533. The Kier molecular flexibility index (Phi) is 4.02. The fourth-order valence-electron chi connectivity index (χ4n) is 2.59. The Hall–Kier alpha value is -1.35. The first-order valence-corrected chi connectivity index (χ1v) is 6.46. The van der Waals surface area contributed by atoms with Crippen molar-refractivity contribution in [2.75, 3.05) is 6.61 Å². The number of rotatable bonds is 1. The van der Waals surface area contributed by atoms with Gasteiger partial charge in [-0.25, -0.2) is 4.79 Å². The van der Waals surface area contributed by atoms with Gasteiger partial charge in [0.25, 0.3) is 0 Å². The fourth-order valence-corrected chi connectivity index (χ4v) is 2.59. The molecule has 0 saturated carbocycles. The van der Waals surface area contributed by atoms with Gasteiger partial charge in [0, 0.05) is 17.9 Å². The summed E-state index contributed by atoms with van der Waals surface area (Å²) >= 11 is 0. The molecule has 0 bridgehead atoms. The third-order valence-electron chi connectivity index (χ3n) is 3.76. The maximum atomic E-state index is 11.6. The third-order valence-corrected chi connectivity index (χ3v) is 3.76. The number of hydrogen-bond acceptors (Lipinski definition) is 3. The van der Waals surface area contributed by atoms with Crippen molar-refractivity contribution in [2.24, 2.45) is 5.92 Å². The average molecular weight is 248 g/mol. The van der Waals surface area contributed by atoms with E-state index >= 15 is 0 Å². The van der Waals surface area contributed by atoms with Gasteiger partial charge < -0.3 is 9.84 Å². The Labute approximate surface area is 108 Å². The molecule has 0 spiro atoms. The number of aliphatic hydroxyl groups excluding tert-OH is 1. The van der Waals surface area contributed by atoms with Gasteiger partial charge in [0.15, 0.2) is 0 Å². The van der Waals surface area contributed by atoms with Gasteiger partial charge in [-0.2, -0.15) is 0 Å². The predicted octanol–water partition coefficient (Wildman–Crippen LogP) is 2.52. The van der Waals surface area contributed by atoms with E-state index in [9.17, 15) is 9.90 Å². The number of allylic oxidation sites excluding steroid dienone is 2. The van der Waals surface area contributed by atoms with Crippen LogP contribution in [-0.4, -0.2) is 23.8 Å². The van der Waals surface area contributed by atoms with Crippen molar-refractivity contribution in [1.29, 1.82) is 0 Å². The molecule has 0 amide bonds. The summed E-state index contributed by atoms with van der Waals surface area (Å²) in [5.41, 5.74) is 2.85. The molecule has 0 radical (unpaired) electrons. The molecule has 1 saturated heterocycles. The van der Waals surface area contributed by atoms with E-state index in [0.29, 0.717) is 5.57 Å².